The largest absolute Gasteiger partial charge is 0.370 e. The number of nitrogens with two attached hydrogens (primary N) is 1. The fraction of sp³-hybridized carbons (Fsp3) is 0.333. The topological polar surface area (TPSA) is 68.2 Å². The molecule has 1 heterocycles. The molecule has 2 rings (SSSR count). The van der Waals surface area contributed by atoms with Crippen molar-refractivity contribution in [1.82, 2.24) is 15.1 Å². The summed E-state index contributed by atoms with van der Waals surface area (Å²) in [7, 11) is 0. The van der Waals surface area contributed by atoms with Crippen molar-refractivity contribution in [1.29, 1.82) is 0 Å². The molecule has 0 spiro atoms. The van der Waals surface area contributed by atoms with Gasteiger partial charge >= 0.3 is 0 Å². The smallest absolute Gasteiger partial charge is 0.188 e. The Bertz CT molecular complexity index is 551. The van der Waals surface area contributed by atoms with Gasteiger partial charge in [-0.05, 0) is 23.6 Å². The van der Waals surface area contributed by atoms with Gasteiger partial charge in [0, 0.05) is 18.9 Å². The summed E-state index contributed by atoms with van der Waals surface area (Å²) >= 11 is 0. The molecule has 3 N–H and O–H groups in total. The Morgan fingerprint density at radius 3 is 2.71 bits per heavy atom. The number of rotatable bonds is 6. The van der Waals surface area contributed by atoms with Crippen LogP contribution < -0.4 is 11.1 Å². The number of benzene rings is 1. The van der Waals surface area contributed by atoms with Crippen LogP contribution in [0.4, 0.5) is 0 Å². The van der Waals surface area contributed by atoms with Gasteiger partial charge in [0.05, 0.1) is 13.1 Å². The van der Waals surface area contributed by atoms with Crippen molar-refractivity contribution in [3.05, 3.63) is 53.9 Å². The van der Waals surface area contributed by atoms with Crippen LogP contribution in [0, 0.1) is 0 Å². The van der Waals surface area contributed by atoms with Crippen molar-refractivity contribution in [2.24, 2.45) is 10.7 Å². The third-order valence-electron chi connectivity index (χ3n) is 2.99. The predicted octanol–water partition coefficient (Wildman–Crippen LogP) is 2.36. The lowest BCUT2D eigenvalue weighted by molar-refractivity contribution is 0.681. The Morgan fingerprint density at radius 2 is 2.05 bits per heavy atom. The third-order valence-corrected chi connectivity index (χ3v) is 2.99. The van der Waals surface area contributed by atoms with Crippen LogP contribution >= 0.6 is 24.0 Å². The number of hydrogen-bond donors (Lipinski definition) is 2. The molecule has 0 unspecified atom stereocenters. The first-order valence-electron chi connectivity index (χ1n) is 6.87. The van der Waals surface area contributed by atoms with E-state index in [2.05, 4.69) is 34.5 Å². The highest BCUT2D eigenvalue weighted by Gasteiger charge is 2.02. The molecule has 6 heteroatoms. The normalized spacial score (nSPS) is 11.0. The summed E-state index contributed by atoms with van der Waals surface area (Å²) < 4.78 is 1.90. The van der Waals surface area contributed by atoms with Crippen LogP contribution in [0.2, 0.25) is 0 Å². The van der Waals surface area contributed by atoms with E-state index in [9.17, 15) is 0 Å². The Balaban J connectivity index is 0.00000220. The van der Waals surface area contributed by atoms with Crippen molar-refractivity contribution in [3.8, 4) is 0 Å². The highest BCUT2D eigenvalue weighted by molar-refractivity contribution is 14.0. The van der Waals surface area contributed by atoms with Crippen LogP contribution in [0.5, 0.6) is 0 Å². The van der Waals surface area contributed by atoms with E-state index in [0.717, 1.165) is 19.5 Å². The number of halogens is 1. The molecule has 0 fully saturated rings. The van der Waals surface area contributed by atoms with Gasteiger partial charge in [-0.2, -0.15) is 5.10 Å². The fourth-order valence-corrected chi connectivity index (χ4v) is 1.91. The van der Waals surface area contributed by atoms with E-state index in [1.54, 1.807) is 6.20 Å². The monoisotopic (exact) mass is 399 g/mol. The molecule has 0 amide bonds. The Labute approximate surface area is 142 Å². The second kappa shape index (κ2) is 9.38. The summed E-state index contributed by atoms with van der Waals surface area (Å²) in [5, 5.41) is 7.31. The molecule has 5 nitrogen and oxygen atoms in total. The van der Waals surface area contributed by atoms with Crippen LogP contribution in [-0.4, -0.2) is 22.3 Å². The number of hydrogen-bond acceptors (Lipinski definition) is 2. The van der Waals surface area contributed by atoms with Gasteiger partial charge in [-0.25, -0.2) is 4.99 Å². The van der Waals surface area contributed by atoms with Crippen molar-refractivity contribution in [2.75, 3.05) is 6.54 Å². The molecule has 0 bridgehead atoms. The van der Waals surface area contributed by atoms with Crippen LogP contribution in [0.1, 0.15) is 24.5 Å². The van der Waals surface area contributed by atoms with Gasteiger partial charge in [-0.1, -0.05) is 31.2 Å². The average molecular weight is 399 g/mol. The van der Waals surface area contributed by atoms with Crippen LogP contribution in [0.25, 0.3) is 0 Å². The fourth-order valence-electron chi connectivity index (χ4n) is 1.91. The van der Waals surface area contributed by atoms with Crippen LogP contribution in [-0.2, 0) is 13.1 Å². The quantitative estimate of drug-likeness (QED) is 0.445. The standard InChI is InChI=1S/C15H21N5.HI/c1-2-8-17-15(16)18-11-13-6-3-4-7-14(13)12-20-10-5-9-19-20;/h3-7,9-10H,2,8,11-12H2,1H3,(H3,16,17,18);1H. The van der Waals surface area contributed by atoms with E-state index in [4.69, 9.17) is 5.73 Å². The van der Waals surface area contributed by atoms with E-state index in [1.807, 2.05) is 29.1 Å². The first-order valence-corrected chi connectivity index (χ1v) is 6.87. The highest BCUT2D eigenvalue weighted by atomic mass is 127. The van der Waals surface area contributed by atoms with E-state index in [-0.39, 0.29) is 24.0 Å². The van der Waals surface area contributed by atoms with E-state index >= 15 is 0 Å². The van der Waals surface area contributed by atoms with Crippen molar-refractivity contribution < 1.29 is 0 Å². The second-order valence-corrected chi connectivity index (χ2v) is 4.60. The molecular weight excluding hydrogens is 377 g/mol. The lowest BCUT2D eigenvalue weighted by Crippen LogP contribution is -2.32. The van der Waals surface area contributed by atoms with Crippen LogP contribution in [0.15, 0.2) is 47.7 Å². The number of aromatic nitrogens is 2. The summed E-state index contributed by atoms with van der Waals surface area (Å²) in [6.45, 7) is 4.28. The molecule has 0 radical (unpaired) electrons. The lowest BCUT2D eigenvalue weighted by Gasteiger charge is -2.09. The van der Waals surface area contributed by atoms with Gasteiger partial charge in [0.15, 0.2) is 5.96 Å². The Hall–Kier alpha value is -1.57. The molecule has 21 heavy (non-hydrogen) atoms. The maximum absolute atomic E-state index is 5.82. The van der Waals surface area contributed by atoms with Gasteiger partial charge in [0.2, 0.25) is 0 Å². The maximum Gasteiger partial charge on any atom is 0.188 e. The molecule has 114 valence electrons. The minimum absolute atomic E-state index is 0. The van der Waals surface area contributed by atoms with Gasteiger partial charge in [0.1, 0.15) is 0 Å². The summed E-state index contributed by atoms with van der Waals surface area (Å²) in [6.07, 6.45) is 4.77. The van der Waals surface area contributed by atoms with Gasteiger partial charge in [0.25, 0.3) is 0 Å². The van der Waals surface area contributed by atoms with Crippen molar-refractivity contribution >= 4 is 29.9 Å². The van der Waals surface area contributed by atoms with Gasteiger partial charge in [-0.3, -0.25) is 4.68 Å². The molecule has 2 aromatic rings. The maximum atomic E-state index is 5.82. The van der Waals surface area contributed by atoms with Crippen LogP contribution in [0.3, 0.4) is 0 Å². The Morgan fingerprint density at radius 1 is 1.29 bits per heavy atom. The summed E-state index contributed by atoms with van der Waals surface area (Å²) in [6, 6.07) is 10.2. The predicted molar refractivity (Wildman–Crippen MR) is 96.8 cm³/mol. The molecule has 1 aromatic heterocycles. The molecule has 0 saturated heterocycles. The highest BCUT2D eigenvalue weighted by Crippen LogP contribution is 2.11. The summed E-state index contributed by atoms with van der Waals surface area (Å²) in [4.78, 5) is 4.38. The number of nitrogens with one attached hydrogen (secondary N) is 1. The van der Waals surface area contributed by atoms with E-state index < -0.39 is 0 Å². The van der Waals surface area contributed by atoms with Gasteiger partial charge in [-0.15, -0.1) is 24.0 Å². The molecule has 0 atom stereocenters. The SMILES string of the molecule is CCCNC(N)=NCc1ccccc1Cn1cccn1.I. The third kappa shape index (κ3) is 5.74. The molecule has 0 saturated carbocycles. The molecule has 0 aliphatic rings. The number of guanidine groups is 1. The zero-order chi connectivity index (χ0) is 14.2. The van der Waals surface area contributed by atoms with Gasteiger partial charge < -0.3 is 11.1 Å². The number of nitrogens with zero attached hydrogens (tertiary/aromatic N) is 3. The average Bonchev–Trinajstić information content (AvgIpc) is 2.97. The van der Waals surface area contributed by atoms with Crippen molar-refractivity contribution in [3.63, 3.8) is 0 Å². The van der Waals surface area contributed by atoms with Crippen molar-refractivity contribution in [2.45, 2.75) is 26.4 Å². The van der Waals surface area contributed by atoms with E-state index in [0.29, 0.717) is 12.5 Å². The number of aliphatic imine (C=N–C) groups is 1. The first kappa shape index (κ1) is 17.5. The zero-order valence-corrected chi connectivity index (χ0v) is 14.5. The van der Waals surface area contributed by atoms with E-state index in [1.165, 1.54) is 11.1 Å². The Kier molecular flexibility index (Phi) is 7.81. The minimum Gasteiger partial charge on any atom is -0.370 e. The molecular formula is C15H22IN5. The minimum atomic E-state index is 0. The second-order valence-electron chi connectivity index (χ2n) is 4.60. The molecule has 0 aliphatic carbocycles. The summed E-state index contributed by atoms with van der Waals surface area (Å²) in [5.41, 5.74) is 8.20. The first-order chi connectivity index (χ1) is 9.79. The lowest BCUT2D eigenvalue weighted by atomic mass is 10.1. The molecule has 0 aliphatic heterocycles. The molecule has 1 aromatic carbocycles. The summed E-state index contributed by atoms with van der Waals surface area (Å²) in [5.74, 6) is 0.501. The zero-order valence-electron chi connectivity index (χ0n) is 12.2.